The Labute approximate surface area is 109 Å². The first-order valence-electron chi connectivity index (χ1n) is 6.57. The van der Waals surface area contributed by atoms with E-state index in [-0.39, 0.29) is 11.7 Å². The Morgan fingerprint density at radius 3 is 2.11 bits per heavy atom. The van der Waals surface area contributed by atoms with E-state index in [9.17, 15) is 9.59 Å². The number of esters is 1. The molecule has 3 nitrogen and oxygen atoms in total. The summed E-state index contributed by atoms with van der Waals surface area (Å²) in [4.78, 5) is 23.1. The Bertz CT molecular complexity index is 371. The number of carbonyl (C=O) groups excluding carboxylic acids is 2. The second-order valence-corrected chi connectivity index (χ2v) is 6.07. The molecule has 0 amide bonds. The standard InChI is InChI=1S/C15H22O3/c1-11-5-7-12(8-6-11)13(16)9-10-14(17)18-15(2,3)4/h11-12H,5-8H2,1-4H3/t11-,12-. The molecule has 0 saturated heterocycles. The predicted molar refractivity (Wildman–Crippen MR) is 69.8 cm³/mol. The molecule has 0 unspecified atom stereocenters. The van der Waals surface area contributed by atoms with Gasteiger partial charge in [-0.05, 0) is 58.3 Å². The van der Waals surface area contributed by atoms with E-state index in [1.807, 2.05) is 0 Å². The molecule has 0 atom stereocenters. The van der Waals surface area contributed by atoms with E-state index in [4.69, 9.17) is 4.74 Å². The zero-order valence-electron chi connectivity index (χ0n) is 11.7. The van der Waals surface area contributed by atoms with Crippen molar-refractivity contribution in [3.63, 3.8) is 0 Å². The van der Waals surface area contributed by atoms with Gasteiger partial charge in [0.2, 0.25) is 5.78 Å². The van der Waals surface area contributed by atoms with E-state index in [0.29, 0.717) is 5.92 Å². The Kier molecular flexibility index (Phi) is 4.95. The van der Waals surface area contributed by atoms with E-state index in [2.05, 4.69) is 18.8 Å². The Balaban J connectivity index is 2.47. The summed E-state index contributed by atoms with van der Waals surface area (Å²) < 4.78 is 5.03. The lowest BCUT2D eigenvalue weighted by atomic mass is 9.81. The van der Waals surface area contributed by atoms with E-state index in [0.717, 1.165) is 25.7 Å². The number of rotatable bonds is 1. The lowest BCUT2D eigenvalue weighted by molar-refractivity contribution is -0.147. The van der Waals surface area contributed by atoms with Crippen molar-refractivity contribution in [2.24, 2.45) is 11.8 Å². The molecule has 1 aliphatic rings. The molecule has 18 heavy (non-hydrogen) atoms. The molecule has 100 valence electrons. The van der Waals surface area contributed by atoms with Crippen molar-refractivity contribution in [3.05, 3.63) is 0 Å². The van der Waals surface area contributed by atoms with Gasteiger partial charge in [-0.2, -0.15) is 0 Å². The van der Waals surface area contributed by atoms with Gasteiger partial charge < -0.3 is 4.74 Å². The lowest BCUT2D eigenvalue weighted by Gasteiger charge is -2.23. The van der Waals surface area contributed by atoms with Crippen LogP contribution in [-0.4, -0.2) is 17.4 Å². The van der Waals surface area contributed by atoms with Crippen molar-refractivity contribution in [2.45, 2.75) is 59.0 Å². The molecule has 0 aromatic heterocycles. The molecule has 0 N–H and O–H groups in total. The molecule has 0 radical (unpaired) electrons. The maximum absolute atomic E-state index is 11.8. The molecule has 1 saturated carbocycles. The van der Waals surface area contributed by atoms with E-state index >= 15 is 0 Å². The van der Waals surface area contributed by atoms with Crippen LogP contribution in [0.3, 0.4) is 0 Å². The van der Waals surface area contributed by atoms with Gasteiger partial charge in [0.05, 0.1) is 0 Å². The van der Waals surface area contributed by atoms with E-state index in [1.54, 1.807) is 20.8 Å². The quantitative estimate of drug-likeness (QED) is 0.311. The summed E-state index contributed by atoms with van der Waals surface area (Å²) in [7, 11) is 0. The molecule has 0 aromatic rings. The minimum atomic E-state index is -0.625. The second-order valence-electron chi connectivity index (χ2n) is 6.07. The highest BCUT2D eigenvalue weighted by atomic mass is 16.6. The van der Waals surface area contributed by atoms with Crippen molar-refractivity contribution in [1.82, 2.24) is 0 Å². The summed E-state index contributed by atoms with van der Waals surface area (Å²) in [5.41, 5.74) is -0.560. The molecular formula is C15H22O3. The molecule has 0 aromatic carbocycles. The number of ether oxygens (including phenoxy) is 1. The van der Waals surface area contributed by atoms with Crippen LogP contribution in [0.25, 0.3) is 0 Å². The normalized spacial score (nSPS) is 23.8. The molecule has 0 heterocycles. The fourth-order valence-corrected chi connectivity index (χ4v) is 2.04. The number of hydrogen-bond acceptors (Lipinski definition) is 3. The molecule has 0 bridgehead atoms. The average molecular weight is 250 g/mol. The van der Waals surface area contributed by atoms with Crippen LogP contribution in [0.15, 0.2) is 0 Å². The van der Waals surface area contributed by atoms with Gasteiger partial charge in [0.15, 0.2) is 0 Å². The van der Waals surface area contributed by atoms with Gasteiger partial charge in [0.1, 0.15) is 5.60 Å². The zero-order valence-corrected chi connectivity index (χ0v) is 11.7. The minimum absolute atomic E-state index is 0.0103. The molecular weight excluding hydrogens is 228 g/mol. The number of hydrogen-bond donors (Lipinski definition) is 0. The van der Waals surface area contributed by atoms with Crippen LogP contribution in [0, 0.1) is 23.7 Å². The van der Waals surface area contributed by atoms with Crippen LogP contribution in [-0.2, 0) is 14.3 Å². The van der Waals surface area contributed by atoms with E-state index in [1.165, 1.54) is 0 Å². The Morgan fingerprint density at radius 2 is 1.61 bits per heavy atom. The summed E-state index contributed by atoms with van der Waals surface area (Å²) in [5, 5.41) is 0. The molecule has 1 rings (SSSR count). The topological polar surface area (TPSA) is 43.4 Å². The lowest BCUT2D eigenvalue weighted by Crippen LogP contribution is -2.23. The van der Waals surface area contributed by atoms with Gasteiger partial charge in [-0.3, -0.25) is 4.79 Å². The van der Waals surface area contributed by atoms with Gasteiger partial charge >= 0.3 is 5.97 Å². The Morgan fingerprint density at radius 1 is 1.06 bits per heavy atom. The van der Waals surface area contributed by atoms with Crippen LogP contribution < -0.4 is 0 Å². The third kappa shape index (κ3) is 5.35. The molecule has 1 fully saturated rings. The van der Waals surface area contributed by atoms with Crippen molar-refractivity contribution < 1.29 is 14.3 Å². The predicted octanol–water partition coefficient (Wildman–Crippen LogP) is 2.73. The summed E-state index contributed by atoms with van der Waals surface area (Å²) in [6.45, 7) is 7.53. The molecule has 3 heteroatoms. The van der Waals surface area contributed by atoms with Gasteiger partial charge in [-0.15, -0.1) is 0 Å². The maximum atomic E-state index is 11.8. The van der Waals surface area contributed by atoms with Crippen LogP contribution in [0.2, 0.25) is 0 Å². The minimum Gasteiger partial charge on any atom is -0.450 e. The van der Waals surface area contributed by atoms with Gasteiger partial charge in [0.25, 0.3) is 0 Å². The van der Waals surface area contributed by atoms with Crippen molar-refractivity contribution >= 4 is 11.8 Å². The fraction of sp³-hybridized carbons (Fsp3) is 0.733. The number of Topliss-reactive ketones (excluding diaryl/α,β-unsaturated/α-hetero) is 1. The van der Waals surface area contributed by atoms with Gasteiger partial charge in [-0.25, -0.2) is 4.79 Å². The first-order valence-corrected chi connectivity index (χ1v) is 6.57. The van der Waals surface area contributed by atoms with Crippen LogP contribution in [0.1, 0.15) is 53.4 Å². The van der Waals surface area contributed by atoms with Crippen LogP contribution in [0.4, 0.5) is 0 Å². The molecule has 0 spiro atoms. The highest BCUT2D eigenvalue weighted by Crippen LogP contribution is 2.28. The first-order chi connectivity index (χ1) is 8.28. The van der Waals surface area contributed by atoms with Crippen LogP contribution in [0.5, 0.6) is 0 Å². The van der Waals surface area contributed by atoms with Gasteiger partial charge in [0, 0.05) is 11.8 Å². The van der Waals surface area contributed by atoms with Crippen molar-refractivity contribution in [2.75, 3.05) is 0 Å². The molecule has 1 aliphatic carbocycles. The van der Waals surface area contributed by atoms with Crippen LogP contribution >= 0.6 is 0 Å². The zero-order chi connectivity index (χ0) is 13.8. The summed E-state index contributed by atoms with van der Waals surface area (Å²) in [6, 6.07) is 0. The summed E-state index contributed by atoms with van der Waals surface area (Å²) in [6.07, 6.45) is 3.93. The summed E-state index contributed by atoms with van der Waals surface area (Å²) >= 11 is 0. The third-order valence-electron chi connectivity index (χ3n) is 3.07. The fourth-order valence-electron chi connectivity index (χ4n) is 2.04. The molecule has 0 aliphatic heterocycles. The third-order valence-corrected chi connectivity index (χ3v) is 3.07. The highest BCUT2D eigenvalue weighted by molar-refractivity contribution is 6.03. The van der Waals surface area contributed by atoms with Crippen molar-refractivity contribution in [1.29, 1.82) is 0 Å². The second kappa shape index (κ2) is 6.04. The maximum Gasteiger partial charge on any atom is 0.385 e. The Hall–Kier alpha value is -1.30. The monoisotopic (exact) mass is 250 g/mol. The SMILES string of the molecule is CC(C)(C)OC(=O)C#CC(=O)[C@H]1CC[C@H](C)CC1. The largest absolute Gasteiger partial charge is 0.450 e. The highest BCUT2D eigenvalue weighted by Gasteiger charge is 2.23. The van der Waals surface area contributed by atoms with Gasteiger partial charge in [-0.1, -0.05) is 6.92 Å². The summed E-state index contributed by atoms with van der Waals surface area (Å²) in [5.74, 6) is 4.68. The number of ketones is 1. The number of carbonyl (C=O) groups is 2. The first kappa shape index (κ1) is 14.8. The van der Waals surface area contributed by atoms with E-state index < -0.39 is 11.6 Å². The smallest absolute Gasteiger partial charge is 0.385 e. The average Bonchev–Trinajstić information content (AvgIpc) is 2.24. The van der Waals surface area contributed by atoms with Crippen molar-refractivity contribution in [3.8, 4) is 11.8 Å².